The molecule has 2 heterocycles. The lowest BCUT2D eigenvalue weighted by molar-refractivity contribution is -0.116. The van der Waals surface area contributed by atoms with E-state index in [2.05, 4.69) is 5.32 Å². The summed E-state index contributed by atoms with van der Waals surface area (Å²) in [6, 6.07) is 5.40. The summed E-state index contributed by atoms with van der Waals surface area (Å²) < 4.78 is 5.57. The monoisotopic (exact) mass is 288 g/mol. The summed E-state index contributed by atoms with van der Waals surface area (Å²) in [6.45, 7) is 4.29. The van der Waals surface area contributed by atoms with Crippen molar-refractivity contribution in [3.63, 3.8) is 0 Å². The van der Waals surface area contributed by atoms with Gasteiger partial charge in [-0.25, -0.2) is 0 Å². The minimum atomic E-state index is -0.0246. The maximum atomic E-state index is 12.6. The van der Waals surface area contributed by atoms with Gasteiger partial charge >= 0.3 is 0 Å². The zero-order valence-electron chi connectivity index (χ0n) is 12.2. The van der Waals surface area contributed by atoms with E-state index >= 15 is 0 Å². The predicted octanol–water partition coefficient (Wildman–Crippen LogP) is 1.61. The van der Waals surface area contributed by atoms with Crippen molar-refractivity contribution in [3.8, 4) is 5.75 Å². The second kappa shape index (κ2) is 5.85. The van der Waals surface area contributed by atoms with Crippen LogP contribution in [0.5, 0.6) is 5.75 Å². The lowest BCUT2D eigenvalue weighted by Crippen LogP contribution is -2.37. The average Bonchev–Trinajstić information content (AvgIpc) is 2.53. The van der Waals surface area contributed by atoms with E-state index < -0.39 is 0 Å². The number of carbonyl (C=O) groups excluding carboxylic acids is 2. The number of ketones is 1. The van der Waals surface area contributed by atoms with Gasteiger partial charge in [0.25, 0.3) is 0 Å². The highest BCUT2D eigenvalue weighted by Crippen LogP contribution is 2.33. The summed E-state index contributed by atoms with van der Waals surface area (Å²) in [4.78, 5) is 26.0. The summed E-state index contributed by atoms with van der Waals surface area (Å²) >= 11 is 0. The number of benzene rings is 1. The zero-order chi connectivity index (χ0) is 14.8. The van der Waals surface area contributed by atoms with E-state index in [9.17, 15) is 9.59 Å². The number of nitrogens with zero attached hydrogens (tertiary/aromatic N) is 1. The van der Waals surface area contributed by atoms with Gasteiger partial charge in [0.15, 0.2) is 5.78 Å². The minimum absolute atomic E-state index is 0.0246. The number of anilines is 1. The zero-order valence-corrected chi connectivity index (χ0v) is 12.2. The Balaban J connectivity index is 1.88. The maximum absolute atomic E-state index is 12.6. The van der Waals surface area contributed by atoms with E-state index in [1.807, 2.05) is 0 Å². The van der Waals surface area contributed by atoms with Crippen molar-refractivity contribution in [1.29, 1.82) is 0 Å². The summed E-state index contributed by atoms with van der Waals surface area (Å²) in [5.74, 6) is 0.837. The molecule has 0 bridgehead atoms. The standard InChI is InChI=1S/C16H20N2O3/c1-11(19)18-7-8-21-15-5-4-12(9-14(15)18)16(20)13-3-2-6-17-10-13/h4-5,9,13,17H,2-3,6-8,10H2,1H3. The number of nitrogens with one attached hydrogen (secondary N) is 1. The molecule has 1 aromatic carbocycles. The predicted molar refractivity (Wildman–Crippen MR) is 79.9 cm³/mol. The molecular formula is C16H20N2O3. The Kier molecular flexibility index (Phi) is 3.92. The normalized spacial score (nSPS) is 21.4. The number of rotatable bonds is 2. The molecular weight excluding hydrogens is 268 g/mol. The van der Waals surface area contributed by atoms with Gasteiger partial charge in [0.05, 0.1) is 12.2 Å². The summed E-state index contributed by atoms with van der Waals surface area (Å²) in [5, 5.41) is 3.26. The maximum Gasteiger partial charge on any atom is 0.224 e. The molecule has 21 heavy (non-hydrogen) atoms. The molecule has 1 aromatic rings. The van der Waals surface area contributed by atoms with Gasteiger partial charge in [-0.2, -0.15) is 0 Å². The molecule has 1 fully saturated rings. The Bertz CT molecular complexity index is 565. The third-order valence-electron chi connectivity index (χ3n) is 4.15. The van der Waals surface area contributed by atoms with E-state index in [0.29, 0.717) is 30.2 Å². The molecule has 2 aliphatic heterocycles. The first-order valence-electron chi connectivity index (χ1n) is 7.46. The van der Waals surface area contributed by atoms with Crippen LogP contribution in [0.15, 0.2) is 18.2 Å². The lowest BCUT2D eigenvalue weighted by atomic mass is 9.90. The van der Waals surface area contributed by atoms with E-state index in [1.165, 1.54) is 6.92 Å². The van der Waals surface area contributed by atoms with Crippen molar-refractivity contribution in [1.82, 2.24) is 5.32 Å². The van der Waals surface area contributed by atoms with Crippen LogP contribution in [0, 0.1) is 5.92 Å². The fourth-order valence-corrected chi connectivity index (χ4v) is 3.01. The van der Waals surface area contributed by atoms with Crippen LogP contribution >= 0.6 is 0 Å². The van der Waals surface area contributed by atoms with Crippen LogP contribution in [-0.4, -0.2) is 37.9 Å². The number of piperidine rings is 1. The number of amides is 1. The van der Waals surface area contributed by atoms with Crippen LogP contribution < -0.4 is 15.0 Å². The molecule has 112 valence electrons. The van der Waals surface area contributed by atoms with E-state index in [1.54, 1.807) is 23.1 Å². The molecule has 1 atom stereocenters. The van der Waals surface area contributed by atoms with Crippen molar-refractivity contribution in [2.24, 2.45) is 5.92 Å². The lowest BCUT2D eigenvalue weighted by Gasteiger charge is -2.29. The average molecular weight is 288 g/mol. The quantitative estimate of drug-likeness (QED) is 0.840. The van der Waals surface area contributed by atoms with E-state index in [4.69, 9.17) is 4.74 Å². The molecule has 0 aliphatic carbocycles. The summed E-state index contributed by atoms with van der Waals surface area (Å²) in [7, 11) is 0. The molecule has 1 unspecified atom stereocenters. The second-order valence-corrected chi connectivity index (χ2v) is 5.61. The molecule has 1 N–H and O–H groups in total. The molecule has 1 saturated heterocycles. The van der Waals surface area contributed by atoms with Crippen molar-refractivity contribution in [2.45, 2.75) is 19.8 Å². The molecule has 5 heteroatoms. The highest BCUT2D eigenvalue weighted by atomic mass is 16.5. The molecule has 2 aliphatic rings. The van der Waals surface area contributed by atoms with E-state index in [-0.39, 0.29) is 17.6 Å². The van der Waals surface area contributed by atoms with Crippen LogP contribution in [0.1, 0.15) is 30.1 Å². The number of hydrogen-bond donors (Lipinski definition) is 1. The fraction of sp³-hybridized carbons (Fsp3) is 0.500. The molecule has 0 spiro atoms. The van der Waals surface area contributed by atoms with Crippen molar-refractivity contribution in [2.75, 3.05) is 31.1 Å². The molecule has 0 aromatic heterocycles. The van der Waals surface area contributed by atoms with Gasteiger partial charge in [-0.15, -0.1) is 0 Å². The first kappa shape index (κ1) is 14.1. The smallest absolute Gasteiger partial charge is 0.224 e. The number of ether oxygens (including phenoxy) is 1. The minimum Gasteiger partial charge on any atom is -0.490 e. The largest absolute Gasteiger partial charge is 0.490 e. The number of hydrogen-bond acceptors (Lipinski definition) is 4. The van der Waals surface area contributed by atoms with E-state index in [0.717, 1.165) is 25.9 Å². The van der Waals surface area contributed by atoms with Gasteiger partial charge in [-0.3, -0.25) is 9.59 Å². The van der Waals surface area contributed by atoms with Crippen LogP contribution in [0.3, 0.4) is 0 Å². The SMILES string of the molecule is CC(=O)N1CCOc2ccc(C(=O)C3CCCNC3)cc21. The number of fused-ring (bicyclic) bond motifs is 1. The number of Topliss-reactive ketones (excluding diaryl/α,β-unsaturated/α-hetero) is 1. The van der Waals surface area contributed by atoms with Crippen molar-refractivity contribution < 1.29 is 14.3 Å². The van der Waals surface area contributed by atoms with Gasteiger partial charge in [-0.05, 0) is 37.6 Å². The van der Waals surface area contributed by atoms with Crippen LogP contribution in [0.25, 0.3) is 0 Å². The first-order chi connectivity index (χ1) is 10.2. The van der Waals surface area contributed by atoms with Gasteiger partial charge in [0.2, 0.25) is 5.91 Å². The molecule has 0 saturated carbocycles. The highest BCUT2D eigenvalue weighted by molar-refractivity contribution is 6.01. The Morgan fingerprint density at radius 2 is 2.24 bits per heavy atom. The summed E-state index contributed by atoms with van der Waals surface area (Å²) in [5.41, 5.74) is 1.38. The molecule has 5 nitrogen and oxygen atoms in total. The van der Waals surface area contributed by atoms with Gasteiger partial charge in [0, 0.05) is 24.9 Å². The fourth-order valence-electron chi connectivity index (χ4n) is 3.01. The van der Waals surface area contributed by atoms with Crippen LogP contribution in [0.4, 0.5) is 5.69 Å². The van der Waals surface area contributed by atoms with Crippen molar-refractivity contribution in [3.05, 3.63) is 23.8 Å². The Labute approximate surface area is 124 Å². The Morgan fingerprint density at radius 3 is 2.95 bits per heavy atom. The number of carbonyl (C=O) groups is 2. The van der Waals surface area contributed by atoms with Crippen LogP contribution in [-0.2, 0) is 4.79 Å². The molecule has 3 rings (SSSR count). The van der Waals surface area contributed by atoms with Gasteiger partial charge in [-0.1, -0.05) is 0 Å². The van der Waals surface area contributed by atoms with Gasteiger partial charge in [0.1, 0.15) is 12.4 Å². The Morgan fingerprint density at radius 1 is 1.38 bits per heavy atom. The second-order valence-electron chi connectivity index (χ2n) is 5.61. The first-order valence-corrected chi connectivity index (χ1v) is 7.46. The third-order valence-corrected chi connectivity index (χ3v) is 4.15. The third kappa shape index (κ3) is 2.78. The molecule has 0 radical (unpaired) electrons. The topological polar surface area (TPSA) is 58.6 Å². The highest BCUT2D eigenvalue weighted by Gasteiger charge is 2.26. The van der Waals surface area contributed by atoms with Crippen LogP contribution in [0.2, 0.25) is 0 Å². The van der Waals surface area contributed by atoms with Gasteiger partial charge < -0.3 is 15.0 Å². The Hall–Kier alpha value is -1.88. The van der Waals surface area contributed by atoms with Crippen molar-refractivity contribution >= 4 is 17.4 Å². The summed E-state index contributed by atoms with van der Waals surface area (Å²) in [6.07, 6.45) is 1.96. The molecule has 1 amide bonds.